The average Bonchev–Trinajstić information content (AvgIpc) is 2.31. The third-order valence-corrected chi connectivity index (χ3v) is 2.42. The van der Waals surface area contributed by atoms with Gasteiger partial charge in [-0.15, -0.1) is 0 Å². The Morgan fingerprint density at radius 3 is 1.56 bits per heavy atom. The van der Waals surface area contributed by atoms with E-state index in [4.69, 9.17) is 0 Å². The van der Waals surface area contributed by atoms with Crippen molar-refractivity contribution in [3.8, 4) is 0 Å². The number of isocyanates is 2. The minimum absolute atomic E-state index is 0.596. The maximum Gasteiger partial charge on any atom is 0.240 e. The van der Waals surface area contributed by atoms with E-state index in [0.717, 1.165) is 24.0 Å². The van der Waals surface area contributed by atoms with Crippen LogP contribution in [-0.4, -0.2) is 12.2 Å². The van der Waals surface area contributed by atoms with Crippen molar-refractivity contribution >= 4 is 23.5 Å². The van der Waals surface area contributed by atoms with Gasteiger partial charge >= 0.3 is 0 Å². The van der Waals surface area contributed by atoms with E-state index in [1.165, 1.54) is 12.2 Å². The second-order valence-corrected chi connectivity index (χ2v) is 3.17. The number of benzene rings is 1. The van der Waals surface area contributed by atoms with Crippen molar-refractivity contribution in [3.05, 3.63) is 23.3 Å². The highest BCUT2D eigenvalue weighted by molar-refractivity contribution is 5.65. The average molecular weight is 216 g/mol. The highest BCUT2D eigenvalue weighted by Crippen LogP contribution is 2.31. The van der Waals surface area contributed by atoms with Crippen LogP contribution in [0.4, 0.5) is 11.4 Å². The summed E-state index contributed by atoms with van der Waals surface area (Å²) in [7, 11) is 0. The lowest BCUT2D eigenvalue weighted by molar-refractivity contribution is 0.564. The predicted molar refractivity (Wildman–Crippen MR) is 60.8 cm³/mol. The Labute approximate surface area is 93.7 Å². The zero-order chi connectivity index (χ0) is 12.0. The van der Waals surface area contributed by atoms with Crippen LogP contribution in [0.15, 0.2) is 22.1 Å². The molecule has 1 aromatic carbocycles. The topological polar surface area (TPSA) is 58.9 Å². The van der Waals surface area contributed by atoms with Crippen LogP contribution in [0, 0.1) is 0 Å². The van der Waals surface area contributed by atoms with Crippen molar-refractivity contribution in [2.75, 3.05) is 0 Å². The largest absolute Gasteiger partial charge is 0.240 e. The maximum atomic E-state index is 10.3. The Hall–Kier alpha value is -2.02. The Morgan fingerprint density at radius 1 is 0.938 bits per heavy atom. The summed E-state index contributed by atoms with van der Waals surface area (Å²) >= 11 is 0. The number of rotatable bonds is 4. The van der Waals surface area contributed by atoms with Crippen molar-refractivity contribution in [3.63, 3.8) is 0 Å². The van der Waals surface area contributed by atoms with E-state index in [9.17, 15) is 9.59 Å². The smallest absolute Gasteiger partial charge is 0.211 e. The SMILES string of the molecule is CCc1c(N=C=O)ccc(N=C=O)c1CC. The first-order valence-electron chi connectivity index (χ1n) is 5.08. The minimum Gasteiger partial charge on any atom is -0.211 e. The molecular weight excluding hydrogens is 204 g/mol. The number of carbonyl (C=O) groups excluding carboxylic acids is 2. The van der Waals surface area contributed by atoms with Gasteiger partial charge in [0.1, 0.15) is 0 Å². The molecule has 0 fully saturated rings. The molecule has 0 radical (unpaired) electrons. The predicted octanol–water partition coefficient (Wildman–Crippen LogP) is 2.75. The first-order chi connectivity index (χ1) is 7.78. The van der Waals surface area contributed by atoms with E-state index in [1.807, 2.05) is 13.8 Å². The van der Waals surface area contributed by atoms with Gasteiger partial charge in [-0.25, -0.2) is 9.59 Å². The molecule has 82 valence electrons. The van der Waals surface area contributed by atoms with E-state index < -0.39 is 0 Å². The molecule has 0 saturated heterocycles. The summed E-state index contributed by atoms with van der Waals surface area (Å²) in [4.78, 5) is 27.8. The van der Waals surface area contributed by atoms with Crippen LogP contribution in [0.5, 0.6) is 0 Å². The molecule has 0 bridgehead atoms. The number of hydrogen-bond donors (Lipinski definition) is 0. The highest BCUT2D eigenvalue weighted by atomic mass is 16.1. The lowest BCUT2D eigenvalue weighted by Gasteiger charge is -2.10. The van der Waals surface area contributed by atoms with E-state index >= 15 is 0 Å². The summed E-state index contributed by atoms with van der Waals surface area (Å²) in [6.45, 7) is 3.93. The molecule has 1 rings (SSSR count). The number of aliphatic imine (C=N–C) groups is 2. The van der Waals surface area contributed by atoms with E-state index in [1.54, 1.807) is 12.1 Å². The molecule has 0 atom stereocenters. The zero-order valence-corrected chi connectivity index (χ0v) is 9.28. The van der Waals surface area contributed by atoms with Crippen LogP contribution in [0.3, 0.4) is 0 Å². The summed E-state index contributed by atoms with van der Waals surface area (Å²) in [5.41, 5.74) is 3.06. The van der Waals surface area contributed by atoms with Gasteiger partial charge in [-0.05, 0) is 36.1 Å². The van der Waals surface area contributed by atoms with Crippen LogP contribution in [0.25, 0.3) is 0 Å². The third-order valence-electron chi connectivity index (χ3n) is 2.42. The van der Waals surface area contributed by atoms with Gasteiger partial charge in [0.25, 0.3) is 0 Å². The molecule has 4 nitrogen and oxygen atoms in total. The standard InChI is InChI=1S/C12H12N2O2/c1-3-9-10(4-2)12(14-8-16)6-5-11(9)13-7-15/h5-6H,3-4H2,1-2H3. The fourth-order valence-electron chi connectivity index (χ4n) is 1.77. The molecule has 4 heteroatoms. The van der Waals surface area contributed by atoms with Crippen LogP contribution >= 0.6 is 0 Å². The summed E-state index contributed by atoms with van der Waals surface area (Å²) < 4.78 is 0. The fraction of sp³-hybridized carbons (Fsp3) is 0.333. The van der Waals surface area contributed by atoms with Crippen LogP contribution in [0.1, 0.15) is 25.0 Å². The van der Waals surface area contributed by atoms with Crippen molar-refractivity contribution in [2.45, 2.75) is 26.7 Å². The van der Waals surface area contributed by atoms with Crippen LogP contribution in [0.2, 0.25) is 0 Å². The van der Waals surface area contributed by atoms with Crippen molar-refractivity contribution in [2.24, 2.45) is 9.98 Å². The van der Waals surface area contributed by atoms with E-state index in [0.29, 0.717) is 11.4 Å². The fourth-order valence-corrected chi connectivity index (χ4v) is 1.77. The van der Waals surface area contributed by atoms with Gasteiger partial charge in [0, 0.05) is 0 Å². The highest BCUT2D eigenvalue weighted by Gasteiger charge is 2.09. The lowest BCUT2D eigenvalue weighted by atomic mass is 9.99. The van der Waals surface area contributed by atoms with Crippen LogP contribution in [-0.2, 0) is 22.4 Å². The molecular formula is C12H12N2O2. The molecule has 0 amide bonds. The van der Waals surface area contributed by atoms with Crippen molar-refractivity contribution in [1.82, 2.24) is 0 Å². The van der Waals surface area contributed by atoms with Crippen LogP contribution < -0.4 is 0 Å². The molecule has 16 heavy (non-hydrogen) atoms. The second-order valence-electron chi connectivity index (χ2n) is 3.17. The molecule has 0 N–H and O–H groups in total. The van der Waals surface area contributed by atoms with E-state index in [-0.39, 0.29) is 0 Å². The molecule has 0 heterocycles. The van der Waals surface area contributed by atoms with Gasteiger partial charge in [0.2, 0.25) is 12.2 Å². The molecule has 1 aromatic rings. The van der Waals surface area contributed by atoms with Gasteiger partial charge in [0.15, 0.2) is 0 Å². The third kappa shape index (κ3) is 2.31. The Balaban J connectivity index is 3.50. The Morgan fingerprint density at radius 2 is 1.31 bits per heavy atom. The lowest BCUT2D eigenvalue weighted by Crippen LogP contribution is -1.92. The first kappa shape index (κ1) is 12.1. The summed E-state index contributed by atoms with van der Waals surface area (Å²) in [5.74, 6) is 0. The van der Waals surface area contributed by atoms with Crippen molar-refractivity contribution in [1.29, 1.82) is 0 Å². The Kier molecular flexibility index (Phi) is 4.34. The molecule has 0 aromatic heterocycles. The number of nitrogens with zero attached hydrogens (tertiary/aromatic N) is 2. The van der Waals surface area contributed by atoms with Gasteiger partial charge in [-0.2, -0.15) is 9.98 Å². The summed E-state index contributed by atoms with van der Waals surface area (Å²) in [6.07, 6.45) is 4.51. The van der Waals surface area contributed by atoms with Gasteiger partial charge in [-0.1, -0.05) is 13.8 Å². The van der Waals surface area contributed by atoms with Gasteiger partial charge in [0.05, 0.1) is 11.4 Å². The Bertz CT molecular complexity index is 437. The zero-order valence-electron chi connectivity index (χ0n) is 9.28. The molecule has 0 aliphatic rings. The van der Waals surface area contributed by atoms with Crippen molar-refractivity contribution < 1.29 is 9.59 Å². The first-order valence-corrected chi connectivity index (χ1v) is 5.08. The normalized spacial score (nSPS) is 9.12. The second kappa shape index (κ2) is 5.76. The molecule has 0 unspecified atom stereocenters. The molecule has 0 spiro atoms. The molecule has 0 aliphatic carbocycles. The van der Waals surface area contributed by atoms with Gasteiger partial charge < -0.3 is 0 Å². The maximum absolute atomic E-state index is 10.3. The summed E-state index contributed by atoms with van der Waals surface area (Å²) in [5, 5.41) is 0. The number of hydrogen-bond acceptors (Lipinski definition) is 4. The quantitative estimate of drug-likeness (QED) is 0.574. The molecule has 0 aliphatic heterocycles. The summed E-state index contributed by atoms with van der Waals surface area (Å²) in [6, 6.07) is 3.33. The van der Waals surface area contributed by atoms with E-state index in [2.05, 4.69) is 9.98 Å². The minimum atomic E-state index is 0.596. The monoisotopic (exact) mass is 216 g/mol. The van der Waals surface area contributed by atoms with Gasteiger partial charge in [-0.3, -0.25) is 0 Å². The molecule has 0 saturated carbocycles.